The van der Waals surface area contributed by atoms with Gasteiger partial charge in [0.25, 0.3) is 11.8 Å². The molecule has 1 spiro atoms. The van der Waals surface area contributed by atoms with Gasteiger partial charge in [-0.25, -0.2) is 0 Å². The van der Waals surface area contributed by atoms with Crippen LogP contribution in [0.1, 0.15) is 27.5 Å². The highest BCUT2D eigenvalue weighted by molar-refractivity contribution is 6.14. The lowest BCUT2D eigenvalue weighted by molar-refractivity contribution is -0.125. The van der Waals surface area contributed by atoms with Crippen molar-refractivity contribution >= 4 is 23.2 Å². The Bertz CT molecular complexity index is 1160. The van der Waals surface area contributed by atoms with Crippen molar-refractivity contribution in [1.29, 1.82) is 0 Å². The van der Waals surface area contributed by atoms with E-state index in [1.807, 2.05) is 74.8 Å². The molecule has 5 rings (SSSR count). The molecule has 0 fully saturated rings. The lowest BCUT2D eigenvalue weighted by Crippen LogP contribution is -2.62. The minimum Gasteiger partial charge on any atom is -0.350 e. The van der Waals surface area contributed by atoms with Crippen LogP contribution in [0, 0.1) is 0 Å². The van der Waals surface area contributed by atoms with Crippen LogP contribution in [-0.4, -0.2) is 42.3 Å². The number of likely N-dealkylation sites (N-methyl/N-ethyl adjacent to an activating group) is 1. The van der Waals surface area contributed by atoms with Crippen LogP contribution in [0.25, 0.3) is 0 Å². The number of hydrogen-bond acceptors (Lipinski definition) is 4. The van der Waals surface area contributed by atoms with Crippen LogP contribution in [0.15, 0.2) is 78.9 Å². The molecule has 2 atom stereocenters. The van der Waals surface area contributed by atoms with Crippen molar-refractivity contribution in [3.05, 3.63) is 95.6 Å². The molecule has 3 aromatic rings. The van der Waals surface area contributed by atoms with Crippen molar-refractivity contribution in [2.24, 2.45) is 0 Å². The number of para-hydroxylation sites is 2. The molecule has 0 unspecified atom stereocenters. The van der Waals surface area contributed by atoms with Crippen LogP contribution in [0.3, 0.4) is 0 Å². The Morgan fingerprint density at radius 2 is 1.52 bits per heavy atom. The van der Waals surface area contributed by atoms with Crippen LogP contribution >= 0.6 is 0 Å². The molecule has 3 aromatic carbocycles. The second-order valence-electron chi connectivity index (χ2n) is 8.19. The smallest absolute Gasteiger partial charge is 0.276 e. The molecule has 0 aromatic heterocycles. The SMILES string of the molecule is CN(C)[C@@H](CN1C(=O)c2ccccc2N[C@]12C(=O)Nc1ccccc12)c1ccccc1. The zero-order valence-electron chi connectivity index (χ0n) is 17.5. The monoisotopic (exact) mass is 412 g/mol. The molecule has 0 saturated heterocycles. The third-order valence-corrected chi connectivity index (χ3v) is 6.18. The Balaban J connectivity index is 1.68. The van der Waals surface area contributed by atoms with E-state index in [0.717, 1.165) is 16.8 Å². The summed E-state index contributed by atoms with van der Waals surface area (Å²) >= 11 is 0. The average molecular weight is 412 g/mol. The van der Waals surface area contributed by atoms with E-state index >= 15 is 0 Å². The van der Waals surface area contributed by atoms with E-state index < -0.39 is 5.66 Å². The summed E-state index contributed by atoms with van der Waals surface area (Å²) in [4.78, 5) is 31.1. The zero-order valence-corrected chi connectivity index (χ0v) is 17.5. The quantitative estimate of drug-likeness (QED) is 0.686. The predicted molar refractivity (Wildman–Crippen MR) is 121 cm³/mol. The lowest BCUT2D eigenvalue weighted by atomic mass is 9.91. The summed E-state index contributed by atoms with van der Waals surface area (Å²) in [6.45, 7) is 0.346. The summed E-state index contributed by atoms with van der Waals surface area (Å²) in [5.41, 5.74) is 2.49. The highest BCUT2D eigenvalue weighted by Crippen LogP contribution is 2.46. The maximum Gasteiger partial charge on any atom is 0.276 e. The molecule has 2 amide bonds. The third kappa shape index (κ3) is 2.91. The molecule has 0 bridgehead atoms. The fourth-order valence-electron chi connectivity index (χ4n) is 4.61. The number of fused-ring (bicyclic) bond motifs is 3. The summed E-state index contributed by atoms with van der Waals surface area (Å²) in [7, 11) is 3.98. The van der Waals surface area contributed by atoms with Crippen molar-refractivity contribution in [1.82, 2.24) is 9.80 Å². The molecule has 156 valence electrons. The van der Waals surface area contributed by atoms with Gasteiger partial charge in [0.15, 0.2) is 0 Å². The Labute approximate surface area is 181 Å². The fraction of sp³-hybridized carbons (Fsp3) is 0.200. The van der Waals surface area contributed by atoms with Crippen molar-refractivity contribution in [3.63, 3.8) is 0 Å². The summed E-state index contributed by atoms with van der Waals surface area (Å²) < 4.78 is 0. The summed E-state index contributed by atoms with van der Waals surface area (Å²) in [6.07, 6.45) is 0. The largest absolute Gasteiger partial charge is 0.350 e. The van der Waals surface area contributed by atoms with Gasteiger partial charge in [-0.15, -0.1) is 0 Å². The van der Waals surface area contributed by atoms with Gasteiger partial charge in [0, 0.05) is 23.5 Å². The number of nitrogens with zero attached hydrogens (tertiary/aromatic N) is 2. The van der Waals surface area contributed by atoms with Gasteiger partial charge >= 0.3 is 0 Å². The van der Waals surface area contributed by atoms with Gasteiger partial charge in [0.05, 0.1) is 11.6 Å². The number of hydrogen-bond donors (Lipinski definition) is 2. The van der Waals surface area contributed by atoms with Gasteiger partial charge < -0.3 is 20.4 Å². The van der Waals surface area contributed by atoms with Gasteiger partial charge in [-0.05, 0) is 37.9 Å². The standard InChI is InChI=1S/C25H24N4O2/c1-28(2)22(17-10-4-3-5-11-17)16-29-23(30)18-12-6-8-14-20(18)27-25(29)19-13-7-9-15-21(19)26-24(25)31/h3-15,22,27H,16H2,1-2H3,(H,26,31)/t22-,25-/m0/s1. The van der Waals surface area contributed by atoms with E-state index in [-0.39, 0.29) is 17.9 Å². The highest BCUT2D eigenvalue weighted by Gasteiger charge is 2.56. The molecule has 0 radical (unpaired) electrons. The number of carbonyl (C=O) groups excluding carboxylic acids is 2. The van der Waals surface area contributed by atoms with E-state index in [9.17, 15) is 9.59 Å². The van der Waals surface area contributed by atoms with Gasteiger partial charge in [0.1, 0.15) is 0 Å². The summed E-state index contributed by atoms with van der Waals surface area (Å²) in [6, 6.07) is 24.9. The zero-order chi connectivity index (χ0) is 21.6. The highest BCUT2D eigenvalue weighted by atomic mass is 16.2. The number of carbonyl (C=O) groups is 2. The molecule has 6 heteroatoms. The fourth-order valence-corrected chi connectivity index (χ4v) is 4.61. The summed E-state index contributed by atoms with van der Waals surface area (Å²) in [5.74, 6) is -0.411. The van der Waals surface area contributed by atoms with E-state index in [4.69, 9.17) is 0 Å². The minimum absolute atomic E-state index is 0.0883. The van der Waals surface area contributed by atoms with Crippen molar-refractivity contribution in [3.8, 4) is 0 Å². The number of amides is 2. The van der Waals surface area contributed by atoms with E-state index in [2.05, 4.69) is 27.7 Å². The molecule has 2 aliphatic rings. The number of benzene rings is 3. The molecule has 0 aliphatic carbocycles. The van der Waals surface area contributed by atoms with E-state index in [0.29, 0.717) is 17.8 Å². The molecular formula is C25H24N4O2. The molecule has 31 heavy (non-hydrogen) atoms. The van der Waals surface area contributed by atoms with Gasteiger partial charge in [-0.3, -0.25) is 9.59 Å². The second-order valence-corrected chi connectivity index (χ2v) is 8.19. The van der Waals surface area contributed by atoms with Crippen LogP contribution in [0.5, 0.6) is 0 Å². The maximum absolute atomic E-state index is 13.8. The Kier molecular flexibility index (Phi) is 4.52. The Morgan fingerprint density at radius 1 is 0.871 bits per heavy atom. The average Bonchev–Trinajstić information content (AvgIpc) is 3.06. The van der Waals surface area contributed by atoms with Crippen molar-refractivity contribution < 1.29 is 9.59 Å². The molecular weight excluding hydrogens is 388 g/mol. The summed E-state index contributed by atoms with van der Waals surface area (Å²) in [5, 5.41) is 6.40. The van der Waals surface area contributed by atoms with E-state index in [1.165, 1.54) is 0 Å². The van der Waals surface area contributed by atoms with Crippen LogP contribution in [-0.2, 0) is 10.5 Å². The number of anilines is 2. The Hall–Kier alpha value is -3.64. The third-order valence-electron chi connectivity index (χ3n) is 6.18. The first kappa shape index (κ1) is 19.3. The minimum atomic E-state index is -1.30. The lowest BCUT2D eigenvalue weighted by Gasteiger charge is -2.46. The number of nitrogens with one attached hydrogen (secondary N) is 2. The van der Waals surface area contributed by atoms with Gasteiger partial charge in [-0.2, -0.15) is 0 Å². The van der Waals surface area contributed by atoms with Crippen LogP contribution < -0.4 is 10.6 Å². The second kappa shape index (κ2) is 7.25. The molecule has 0 saturated carbocycles. The van der Waals surface area contributed by atoms with Gasteiger partial charge in [0.2, 0.25) is 5.66 Å². The number of rotatable bonds is 4. The first-order chi connectivity index (χ1) is 15.0. The molecule has 6 nitrogen and oxygen atoms in total. The first-order valence-corrected chi connectivity index (χ1v) is 10.3. The molecule has 2 heterocycles. The van der Waals surface area contributed by atoms with Crippen LogP contribution in [0.4, 0.5) is 11.4 Å². The van der Waals surface area contributed by atoms with Crippen molar-refractivity contribution in [2.75, 3.05) is 31.3 Å². The molecule has 2 aliphatic heterocycles. The normalized spacial score (nSPS) is 20.3. The van der Waals surface area contributed by atoms with Crippen molar-refractivity contribution in [2.45, 2.75) is 11.7 Å². The van der Waals surface area contributed by atoms with Crippen LogP contribution in [0.2, 0.25) is 0 Å². The molecule has 2 N–H and O–H groups in total. The predicted octanol–water partition coefficient (Wildman–Crippen LogP) is 3.66. The Morgan fingerprint density at radius 3 is 2.26 bits per heavy atom. The van der Waals surface area contributed by atoms with Gasteiger partial charge in [-0.1, -0.05) is 60.7 Å². The first-order valence-electron chi connectivity index (χ1n) is 10.3. The topological polar surface area (TPSA) is 64.7 Å². The maximum atomic E-state index is 13.8. The van der Waals surface area contributed by atoms with E-state index in [1.54, 1.807) is 11.0 Å².